The summed E-state index contributed by atoms with van der Waals surface area (Å²) in [5.74, 6) is -1.42. The van der Waals surface area contributed by atoms with Gasteiger partial charge in [-0.05, 0) is 19.1 Å². The summed E-state index contributed by atoms with van der Waals surface area (Å²) in [7, 11) is -3.38. The van der Waals surface area contributed by atoms with Gasteiger partial charge >= 0.3 is 11.5 Å². The quantitative estimate of drug-likeness (QED) is 0.753. The van der Waals surface area contributed by atoms with E-state index in [4.69, 9.17) is 0 Å². The lowest BCUT2D eigenvalue weighted by Gasteiger charge is -2.07. The van der Waals surface area contributed by atoms with Crippen LogP contribution in [0, 0.1) is 6.92 Å². The minimum absolute atomic E-state index is 0.240. The number of carbonyl (C=O) groups excluding carboxylic acids is 1. The standard InChI is InChI=1S/C10H11FO4S/c1-7-3-5-8(6-4-7)16(13,14)9(11)10(12)15-2/h3-6,9H,1-2H3. The summed E-state index contributed by atoms with van der Waals surface area (Å²) in [4.78, 5) is 10.6. The molecule has 0 radical (unpaired) electrons. The van der Waals surface area contributed by atoms with Crippen molar-refractivity contribution < 1.29 is 22.3 Å². The van der Waals surface area contributed by atoms with Crippen LogP contribution < -0.4 is 0 Å². The Bertz CT molecular complexity index is 478. The van der Waals surface area contributed by atoms with Crippen molar-refractivity contribution in [3.8, 4) is 0 Å². The highest BCUT2D eigenvalue weighted by molar-refractivity contribution is 7.92. The monoisotopic (exact) mass is 246 g/mol. The van der Waals surface area contributed by atoms with Crippen molar-refractivity contribution in [1.29, 1.82) is 0 Å². The lowest BCUT2D eigenvalue weighted by atomic mass is 10.2. The van der Waals surface area contributed by atoms with Gasteiger partial charge in [0.1, 0.15) is 0 Å². The van der Waals surface area contributed by atoms with Crippen LogP contribution in [0.1, 0.15) is 5.56 Å². The molecule has 0 bridgehead atoms. The van der Waals surface area contributed by atoms with Crippen LogP contribution in [0.5, 0.6) is 0 Å². The van der Waals surface area contributed by atoms with E-state index in [9.17, 15) is 17.6 Å². The third-order valence-corrected chi connectivity index (χ3v) is 3.67. The van der Waals surface area contributed by atoms with Crippen LogP contribution in [0.15, 0.2) is 29.2 Å². The highest BCUT2D eigenvalue weighted by Crippen LogP contribution is 2.18. The topological polar surface area (TPSA) is 60.4 Å². The predicted molar refractivity (Wildman–Crippen MR) is 55.3 cm³/mol. The molecule has 0 saturated heterocycles. The normalized spacial score (nSPS) is 13.2. The van der Waals surface area contributed by atoms with E-state index in [1.54, 1.807) is 6.92 Å². The van der Waals surface area contributed by atoms with Crippen LogP contribution in [0.2, 0.25) is 0 Å². The fraction of sp³-hybridized carbons (Fsp3) is 0.300. The fourth-order valence-corrected chi connectivity index (χ4v) is 2.17. The van der Waals surface area contributed by atoms with E-state index in [0.717, 1.165) is 12.7 Å². The number of esters is 1. The van der Waals surface area contributed by atoms with Gasteiger partial charge in [0.25, 0.3) is 0 Å². The van der Waals surface area contributed by atoms with Crippen molar-refractivity contribution in [3.05, 3.63) is 29.8 Å². The first-order valence-corrected chi connectivity index (χ1v) is 5.96. The molecule has 1 rings (SSSR count). The molecule has 0 fully saturated rings. The van der Waals surface area contributed by atoms with Crippen molar-refractivity contribution in [3.63, 3.8) is 0 Å². The zero-order valence-electron chi connectivity index (χ0n) is 8.81. The van der Waals surface area contributed by atoms with Crippen molar-refractivity contribution >= 4 is 15.8 Å². The average molecular weight is 246 g/mol. The SMILES string of the molecule is COC(=O)C(F)S(=O)(=O)c1ccc(C)cc1. The number of rotatable bonds is 3. The highest BCUT2D eigenvalue weighted by Gasteiger charge is 2.34. The summed E-state index contributed by atoms with van der Waals surface area (Å²) in [5.41, 5.74) is -1.84. The molecule has 0 amide bonds. The predicted octanol–water partition coefficient (Wildman–Crippen LogP) is 1.24. The van der Waals surface area contributed by atoms with Gasteiger partial charge in [0.2, 0.25) is 9.84 Å². The molecule has 4 nitrogen and oxygen atoms in total. The van der Waals surface area contributed by atoms with E-state index in [2.05, 4.69) is 4.74 Å². The van der Waals surface area contributed by atoms with Crippen LogP contribution in [-0.4, -0.2) is 27.0 Å². The summed E-state index contributed by atoms with van der Waals surface area (Å²) < 4.78 is 40.5. The Labute approximate surface area is 93.0 Å². The van der Waals surface area contributed by atoms with Crippen molar-refractivity contribution in [2.24, 2.45) is 0 Å². The largest absolute Gasteiger partial charge is 0.466 e. The van der Waals surface area contributed by atoms with Crippen LogP contribution in [0.3, 0.4) is 0 Å². The second-order valence-electron chi connectivity index (χ2n) is 3.20. The molecule has 1 aromatic carbocycles. The Morgan fingerprint density at radius 3 is 2.25 bits per heavy atom. The van der Waals surface area contributed by atoms with Crippen molar-refractivity contribution in [2.75, 3.05) is 7.11 Å². The molecule has 1 atom stereocenters. The summed E-state index contributed by atoms with van der Waals surface area (Å²) in [6, 6.07) is 5.55. The molecule has 0 aliphatic carbocycles. The number of sulfone groups is 1. The third-order valence-electron chi connectivity index (χ3n) is 2.01. The maximum absolute atomic E-state index is 13.3. The number of halogens is 1. The summed E-state index contributed by atoms with van der Waals surface area (Å²) in [5, 5.41) is 0. The zero-order chi connectivity index (χ0) is 12.3. The first-order chi connectivity index (χ1) is 7.39. The molecular weight excluding hydrogens is 235 g/mol. The number of aryl methyl sites for hydroxylation is 1. The minimum atomic E-state index is -4.31. The molecule has 16 heavy (non-hydrogen) atoms. The number of hydrogen-bond donors (Lipinski definition) is 0. The maximum atomic E-state index is 13.3. The molecule has 0 spiro atoms. The number of alkyl halides is 1. The highest BCUT2D eigenvalue weighted by atomic mass is 32.2. The van der Waals surface area contributed by atoms with E-state index < -0.39 is 21.3 Å². The summed E-state index contributed by atoms with van der Waals surface area (Å²) in [6.07, 6.45) is 0. The Balaban J connectivity index is 3.12. The van der Waals surface area contributed by atoms with Gasteiger partial charge in [-0.25, -0.2) is 17.6 Å². The first kappa shape index (κ1) is 12.6. The fourth-order valence-electron chi connectivity index (χ4n) is 1.07. The second kappa shape index (κ2) is 4.61. The molecule has 0 N–H and O–H groups in total. The third kappa shape index (κ3) is 2.38. The number of methoxy groups -OCH3 is 1. The lowest BCUT2D eigenvalue weighted by Crippen LogP contribution is -2.27. The molecule has 0 aliphatic heterocycles. The number of benzene rings is 1. The van der Waals surface area contributed by atoms with Gasteiger partial charge < -0.3 is 4.74 Å². The molecule has 0 aromatic heterocycles. The van der Waals surface area contributed by atoms with Crippen LogP contribution >= 0.6 is 0 Å². The summed E-state index contributed by atoms with van der Waals surface area (Å²) >= 11 is 0. The Kier molecular flexibility index (Phi) is 3.64. The second-order valence-corrected chi connectivity index (χ2v) is 5.17. The number of hydrogen-bond acceptors (Lipinski definition) is 4. The van der Waals surface area contributed by atoms with Gasteiger partial charge in [0.05, 0.1) is 12.0 Å². The van der Waals surface area contributed by atoms with E-state index in [1.807, 2.05) is 0 Å². The van der Waals surface area contributed by atoms with Crippen LogP contribution in [-0.2, 0) is 19.4 Å². The van der Waals surface area contributed by atoms with E-state index in [0.29, 0.717) is 0 Å². The average Bonchev–Trinajstić information content (AvgIpc) is 2.27. The number of carbonyl (C=O) groups is 1. The number of ether oxygens (including phenoxy) is 1. The lowest BCUT2D eigenvalue weighted by molar-refractivity contribution is -0.143. The van der Waals surface area contributed by atoms with E-state index >= 15 is 0 Å². The van der Waals surface area contributed by atoms with E-state index in [-0.39, 0.29) is 4.90 Å². The van der Waals surface area contributed by atoms with Gasteiger partial charge in [-0.15, -0.1) is 0 Å². The summed E-state index contributed by atoms with van der Waals surface area (Å²) in [6.45, 7) is 1.77. The molecule has 0 saturated carbocycles. The molecule has 1 aromatic rings. The Morgan fingerprint density at radius 2 is 1.81 bits per heavy atom. The van der Waals surface area contributed by atoms with Gasteiger partial charge in [-0.3, -0.25) is 0 Å². The molecule has 0 heterocycles. The molecule has 6 heteroatoms. The Hall–Kier alpha value is -1.43. The molecular formula is C10H11FO4S. The zero-order valence-corrected chi connectivity index (χ0v) is 9.62. The van der Waals surface area contributed by atoms with Crippen LogP contribution in [0.25, 0.3) is 0 Å². The van der Waals surface area contributed by atoms with Crippen molar-refractivity contribution in [1.82, 2.24) is 0 Å². The van der Waals surface area contributed by atoms with Gasteiger partial charge in [0, 0.05) is 0 Å². The molecule has 88 valence electrons. The molecule has 0 aliphatic rings. The smallest absolute Gasteiger partial charge is 0.356 e. The maximum Gasteiger partial charge on any atom is 0.356 e. The first-order valence-electron chi connectivity index (χ1n) is 4.42. The van der Waals surface area contributed by atoms with Gasteiger partial charge in [-0.1, -0.05) is 17.7 Å². The Morgan fingerprint density at radius 1 is 1.31 bits per heavy atom. The minimum Gasteiger partial charge on any atom is -0.466 e. The van der Waals surface area contributed by atoms with Crippen molar-refractivity contribution in [2.45, 2.75) is 17.3 Å². The van der Waals surface area contributed by atoms with Gasteiger partial charge in [-0.2, -0.15) is 0 Å². The van der Waals surface area contributed by atoms with Crippen LogP contribution in [0.4, 0.5) is 4.39 Å². The van der Waals surface area contributed by atoms with Gasteiger partial charge in [0.15, 0.2) is 0 Å². The van der Waals surface area contributed by atoms with E-state index in [1.165, 1.54) is 24.3 Å². The molecule has 1 unspecified atom stereocenters.